The number of fused-ring (bicyclic) bond motifs is 3. The predicted molar refractivity (Wildman–Crippen MR) is 158 cm³/mol. The Bertz CT molecular complexity index is 1980. The summed E-state index contributed by atoms with van der Waals surface area (Å²) in [4.78, 5) is 19.6. The van der Waals surface area contributed by atoms with E-state index in [0.717, 1.165) is 35.2 Å². The molecule has 8 heteroatoms. The third-order valence-corrected chi connectivity index (χ3v) is 8.95. The largest absolute Gasteiger partial charge is 0.457 e. The molecule has 4 nitrogen and oxygen atoms in total. The summed E-state index contributed by atoms with van der Waals surface area (Å²) in [6.45, 7) is 0. The topological polar surface area (TPSA) is 47.5 Å². The van der Waals surface area contributed by atoms with Crippen molar-refractivity contribution in [2.45, 2.75) is 18.9 Å². The zero-order valence-electron chi connectivity index (χ0n) is 20.3. The molecule has 1 aliphatic heterocycles. The number of halogens is 3. The zero-order valence-corrected chi connectivity index (χ0v) is 23.4. The molecule has 5 aromatic rings. The van der Waals surface area contributed by atoms with Gasteiger partial charge in [-0.2, -0.15) is 0 Å². The van der Waals surface area contributed by atoms with Crippen molar-refractivity contribution in [3.63, 3.8) is 0 Å². The van der Waals surface area contributed by atoms with Crippen LogP contribution in [0.15, 0.2) is 98.6 Å². The van der Waals surface area contributed by atoms with Crippen LogP contribution in [0.1, 0.15) is 34.9 Å². The van der Waals surface area contributed by atoms with E-state index in [9.17, 15) is 4.79 Å². The van der Waals surface area contributed by atoms with Gasteiger partial charge in [0.05, 0.1) is 21.3 Å². The summed E-state index contributed by atoms with van der Waals surface area (Å²) >= 11 is 20.1. The molecule has 0 amide bonds. The molecule has 0 unspecified atom stereocenters. The lowest BCUT2D eigenvalue weighted by Gasteiger charge is -2.30. The molecule has 0 spiro atoms. The van der Waals surface area contributed by atoms with Crippen LogP contribution in [0, 0.1) is 0 Å². The summed E-state index contributed by atoms with van der Waals surface area (Å²) in [6, 6.07) is 24.7. The zero-order chi connectivity index (χ0) is 26.7. The molecular formula is C31H19Cl3N2O2S. The molecule has 0 radical (unpaired) electrons. The number of hydrogen-bond acceptors (Lipinski definition) is 4. The average Bonchev–Trinajstić information content (AvgIpc) is 3.53. The van der Waals surface area contributed by atoms with Crippen LogP contribution in [0.25, 0.3) is 23.1 Å². The summed E-state index contributed by atoms with van der Waals surface area (Å²) < 4.78 is 8.42. The van der Waals surface area contributed by atoms with Crippen LogP contribution >= 0.6 is 46.1 Å². The highest BCUT2D eigenvalue weighted by Gasteiger charge is 2.32. The second-order valence-corrected chi connectivity index (χ2v) is 11.8. The number of furan rings is 1. The maximum Gasteiger partial charge on any atom is 0.271 e. The van der Waals surface area contributed by atoms with Crippen molar-refractivity contribution >= 4 is 57.9 Å². The van der Waals surface area contributed by atoms with Gasteiger partial charge in [-0.15, -0.1) is 0 Å². The lowest BCUT2D eigenvalue weighted by molar-refractivity contribution is 0.570. The van der Waals surface area contributed by atoms with Gasteiger partial charge in [0.2, 0.25) is 0 Å². The summed E-state index contributed by atoms with van der Waals surface area (Å²) in [6.07, 6.45) is 3.50. The van der Waals surface area contributed by atoms with E-state index in [2.05, 4.69) is 18.2 Å². The summed E-state index contributed by atoms with van der Waals surface area (Å²) in [5.41, 5.74) is 6.10. The number of benzene rings is 3. The Morgan fingerprint density at radius 2 is 1.69 bits per heavy atom. The van der Waals surface area contributed by atoms with Gasteiger partial charge >= 0.3 is 0 Å². The van der Waals surface area contributed by atoms with Gasteiger partial charge in [0, 0.05) is 27.2 Å². The highest BCUT2D eigenvalue weighted by Crippen LogP contribution is 2.41. The van der Waals surface area contributed by atoms with Gasteiger partial charge in [0.25, 0.3) is 5.56 Å². The third kappa shape index (κ3) is 4.30. The van der Waals surface area contributed by atoms with Gasteiger partial charge in [0.15, 0.2) is 4.80 Å². The first-order chi connectivity index (χ1) is 19.0. The fourth-order valence-corrected chi connectivity index (χ4v) is 6.85. The first kappa shape index (κ1) is 24.7. The van der Waals surface area contributed by atoms with E-state index < -0.39 is 0 Å². The van der Waals surface area contributed by atoms with E-state index in [0.29, 0.717) is 41.5 Å². The molecule has 0 N–H and O–H groups in total. The van der Waals surface area contributed by atoms with Crippen LogP contribution in [-0.4, -0.2) is 4.57 Å². The van der Waals surface area contributed by atoms with E-state index >= 15 is 0 Å². The highest BCUT2D eigenvalue weighted by atomic mass is 35.5. The third-order valence-electron chi connectivity index (χ3n) is 7.15. The average molecular weight is 590 g/mol. The fraction of sp³-hybridized carbons (Fsp3) is 0.0968. The Hall–Kier alpha value is -3.35. The van der Waals surface area contributed by atoms with Gasteiger partial charge in [-0.05, 0) is 72.0 Å². The van der Waals surface area contributed by atoms with Crippen LogP contribution in [0.3, 0.4) is 0 Å². The summed E-state index contributed by atoms with van der Waals surface area (Å²) in [7, 11) is 0. The van der Waals surface area contributed by atoms with Crippen molar-refractivity contribution in [2.24, 2.45) is 4.99 Å². The molecule has 39 heavy (non-hydrogen) atoms. The molecule has 3 heterocycles. The molecule has 0 bridgehead atoms. The Kier molecular flexibility index (Phi) is 6.13. The standard InChI is InChI=1S/C31H19Cl3N2O2S/c32-19-8-5-18(6-9-19)29-23-12-7-17-3-1-2-4-22(17)28(23)35-31-36(29)30(37)27(39-31)16-21-11-14-26(38-21)24-15-20(33)10-13-25(24)34/h1-6,8-11,13-16,29H,7,12H2/b27-16+/t29-/m1/s1. The molecular weight excluding hydrogens is 571 g/mol. The lowest BCUT2D eigenvalue weighted by Crippen LogP contribution is -2.38. The normalized spacial score (nSPS) is 16.5. The molecule has 3 aromatic carbocycles. The van der Waals surface area contributed by atoms with Gasteiger partial charge in [-0.1, -0.05) is 82.5 Å². The SMILES string of the molecule is O=c1/c(=C\c2ccc(-c3cc(Cl)ccc3Cl)o2)sc2n1[C@H](c1ccc(Cl)cc1)C1=C(N=2)c2ccccc2CC1. The van der Waals surface area contributed by atoms with E-state index in [1.807, 2.05) is 47.0 Å². The minimum atomic E-state index is -0.263. The Morgan fingerprint density at radius 1 is 0.897 bits per heavy atom. The molecule has 1 atom stereocenters. The van der Waals surface area contributed by atoms with Gasteiger partial charge in [-0.3, -0.25) is 9.36 Å². The second-order valence-electron chi connectivity index (χ2n) is 9.49. The number of allylic oxidation sites excluding steroid dienone is 1. The Morgan fingerprint density at radius 3 is 2.54 bits per heavy atom. The lowest BCUT2D eigenvalue weighted by atomic mass is 9.83. The van der Waals surface area contributed by atoms with Crippen LogP contribution in [0.4, 0.5) is 0 Å². The van der Waals surface area contributed by atoms with Crippen molar-refractivity contribution in [1.29, 1.82) is 0 Å². The number of aromatic nitrogens is 1. The van der Waals surface area contributed by atoms with Crippen molar-refractivity contribution in [1.82, 2.24) is 4.57 Å². The first-order valence-electron chi connectivity index (χ1n) is 12.4. The Balaban J connectivity index is 1.40. The molecule has 2 aromatic heterocycles. The van der Waals surface area contributed by atoms with E-state index in [4.69, 9.17) is 44.2 Å². The van der Waals surface area contributed by atoms with Crippen LogP contribution in [0.5, 0.6) is 0 Å². The van der Waals surface area contributed by atoms with Gasteiger partial charge in [-0.25, -0.2) is 4.99 Å². The Labute approximate surface area is 242 Å². The van der Waals surface area contributed by atoms with Crippen molar-refractivity contribution in [2.75, 3.05) is 0 Å². The van der Waals surface area contributed by atoms with Gasteiger partial charge < -0.3 is 4.42 Å². The van der Waals surface area contributed by atoms with Crippen molar-refractivity contribution in [3.8, 4) is 11.3 Å². The van der Waals surface area contributed by atoms with Crippen molar-refractivity contribution in [3.05, 3.63) is 142 Å². The molecule has 0 saturated heterocycles. The summed E-state index contributed by atoms with van der Waals surface area (Å²) in [5, 5.41) is 1.75. The summed E-state index contributed by atoms with van der Waals surface area (Å²) in [5.74, 6) is 1.12. The second kappa shape index (κ2) is 9.68. The maximum absolute atomic E-state index is 13.9. The molecule has 192 valence electrons. The highest BCUT2D eigenvalue weighted by molar-refractivity contribution is 7.07. The van der Waals surface area contributed by atoms with Crippen LogP contribution in [0.2, 0.25) is 15.1 Å². The minimum Gasteiger partial charge on any atom is -0.457 e. The van der Waals surface area contributed by atoms with Crippen LogP contribution < -0.4 is 14.9 Å². The number of nitrogens with zero attached hydrogens (tertiary/aromatic N) is 2. The maximum atomic E-state index is 13.9. The number of thiazole rings is 1. The van der Waals surface area contributed by atoms with E-state index in [1.54, 1.807) is 24.3 Å². The van der Waals surface area contributed by atoms with Gasteiger partial charge in [0.1, 0.15) is 11.5 Å². The smallest absolute Gasteiger partial charge is 0.271 e. The number of rotatable bonds is 3. The predicted octanol–water partition coefficient (Wildman–Crippen LogP) is 7.54. The molecule has 0 fully saturated rings. The minimum absolute atomic E-state index is 0.108. The van der Waals surface area contributed by atoms with E-state index in [-0.39, 0.29) is 11.6 Å². The molecule has 0 saturated carbocycles. The van der Waals surface area contributed by atoms with Crippen LogP contribution in [-0.2, 0) is 6.42 Å². The van der Waals surface area contributed by atoms with Crippen molar-refractivity contribution < 1.29 is 4.42 Å². The quantitative estimate of drug-likeness (QED) is 0.218. The monoisotopic (exact) mass is 588 g/mol. The first-order valence-corrected chi connectivity index (χ1v) is 14.3. The molecule has 1 aliphatic carbocycles. The number of hydrogen-bond donors (Lipinski definition) is 0. The molecule has 2 aliphatic rings. The molecule has 7 rings (SSSR count). The van der Waals surface area contributed by atoms with E-state index in [1.165, 1.54) is 16.9 Å². The number of aryl methyl sites for hydroxylation is 1. The fourth-order valence-electron chi connectivity index (χ4n) is 5.36.